The number of hydrogen-bond acceptors (Lipinski definition) is 8. The van der Waals surface area contributed by atoms with E-state index in [2.05, 4.69) is 50.2 Å². The van der Waals surface area contributed by atoms with E-state index in [1.54, 1.807) is 26.2 Å². The number of hydrogen-bond donors (Lipinski definition) is 4. The largest absolute Gasteiger partial charge is 0.481 e. The number of nitro groups is 1. The van der Waals surface area contributed by atoms with Gasteiger partial charge in [-0.3, -0.25) is 4.79 Å². The molecule has 3 aliphatic carbocycles. The first-order valence-corrected chi connectivity index (χ1v) is 14.3. The number of carbonyl (C=O) groups is 2. The lowest BCUT2D eigenvalue weighted by atomic mass is 9.43. The second-order valence-electron chi connectivity index (χ2n) is 13.6. The predicted molar refractivity (Wildman–Crippen MR) is 151 cm³/mol. The maximum absolute atomic E-state index is 13.6. The van der Waals surface area contributed by atoms with Crippen LogP contribution in [0.5, 0.6) is 0 Å². The van der Waals surface area contributed by atoms with Crippen molar-refractivity contribution in [2.45, 2.75) is 117 Å². The zero-order valence-electron chi connectivity index (χ0n) is 25.1. The van der Waals surface area contributed by atoms with E-state index in [1.165, 1.54) is 0 Å². The summed E-state index contributed by atoms with van der Waals surface area (Å²) in [6, 6.07) is -0.935. The third kappa shape index (κ3) is 7.57. The molecule has 1 aliphatic heterocycles. The quantitative estimate of drug-likeness (QED) is 0.0730. The average Bonchev–Trinajstić information content (AvgIpc) is 3.15. The summed E-state index contributed by atoms with van der Waals surface area (Å²) in [6.45, 7) is 16.2. The van der Waals surface area contributed by atoms with Gasteiger partial charge in [0.25, 0.3) is 5.96 Å². The molecule has 0 spiro atoms. The molecule has 2 bridgehead atoms. The number of nitrogens with two attached hydrogens (primary N) is 1. The molecule has 0 aromatic heterocycles. The first-order valence-electron chi connectivity index (χ1n) is 14.3. The van der Waals surface area contributed by atoms with Gasteiger partial charge < -0.3 is 30.4 Å². The Morgan fingerprint density at radius 2 is 1.90 bits per heavy atom. The smallest absolute Gasteiger partial charge is 0.444 e. The molecule has 1 saturated heterocycles. The first kappa shape index (κ1) is 31.9. The normalized spacial score (nSPS) is 28.7. The van der Waals surface area contributed by atoms with Gasteiger partial charge in [0.1, 0.15) is 11.6 Å². The van der Waals surface area contributed by atoms with Crippen molar-refractivity contribution in [1.82, 2.24) is 16.1 Å². The number of aliphatic imine (C=N–C) groups is 1. The van der Waals surface area contributed by atoms with E-state index in [9.17, 15) is 19.7 Å². The fourth-order valence-corrected chi connectivity index (χ4v) is 6.44. The van der Waals surface area contributed by atoms with Gasteiger partial charge >= 0.3 is 13.2 Å². The van der Waals surface area contributed by atoms with Crippen LogP contribution in [0.15, 0.2) is 4.99 Å². The molecule has 13 nitrogen and oxygen atoms in total. The number of nitrogens with one attached hydrogen (secondary N) is 3. The molecule has 2 amide bonds. The van der Waals surface area contributed by atoms with Gasteiger partial charge in [0.2, 0.25) is 5.91 Å². The van der Waals surface area contributed by atoms with Crippen LogP contribution in [0.3, 0.4) is 0 Å². The lowest BCUT2D eigenvalue weighted by molar-refractivity contribution is -0.525. The van der Waals surface area contributed by atoms with Gasteiger partial charge in [-0.2, -0.15) is 0 Å². The van der Waals surface area contributed by atoms with Gasteiger partial charge in [0.15, 0.2) is 5.03 Å². The molecule has 5 N–H and O–H groups in total. The molecule has 226 valence electrons. The van der Waals surface area contributed by atoms with Crippen molar-refractivity contribution >= 4 is 25.1 Å². The second kappa shape index (κ2) is 12.1. The zero-order chi connectivity index (χ0) is 30.0. The molecule has 4 aliphatic rings. The van der Waals surface area contributed by atoms with Crippen LogP contribution in [0.2, 0.25) is 0 Å². The van der Waals surface area contributed by atoms with E-state index >= 15 is 0 Å². The van der Waals surface area contributed by atoms with Gasteiger partial charge in [-0.05, 0) is 83.0 Å². The van der Waals surface area contributed by atoms with Gasteiger partial charge in [-0.1, -0.05) is 33.1 Å². The van der Waals surface area contributed by atoms with Crippen LogP contribution < -0.4 is 21.8 Å². The highest BCUT2D eigenvalue weighted by atomic mass is 16.7. The lowest BCUT2D eigenvalue weighted by Gasteiger charge is -2.64. The summed E-state index contributed by atoms with van der Waals surface area (Å²) in [7, 11) is -0.601. The summed E-state index contributed by atoms with van der Waals surface area (Å²) in [5.41, 5.74) is 6.29. The minimum absolute atomic E-state index is 0.0207. The number of alkyl carbamates (subject to hydrolysis) is 1. The highest BCUT2D eigenvalue weighted by molar-refractivity contribution is 6.47. The zero-order valence-corrected chi connectivity index (χ0v) is 25.1. The summed E-state index contributed by atoms with van der Waals surface area (Å²) in [5.74, 6) is 0.0977. The van der Waals surface area contributed by atoms with Crippen LogP contribution in [0.25, 0.3) is 0 Å². The minimum Gasteiger partial charge on any atom is -0.444 e. The third-order valence-electron chi connectivity index (χ3n) is 8.50. The number of ether oxygens (including phenoxy) is 1. The van der Waals surface area contributed by atoms with Gasteiger partial charge in [-0.15, -0.1) is 0 Å². The molecular formula is C26H47BN6O7. The fourth-order valence-electron chi connectivity index (χ4n) is 6.44. The highest BCUT2D eigenvalue weighted by Gasteiger charge is 2.68. The van der Waals surface area contributed by atoms with Crippen molar-refractivity contribution in [2.24, 2.45) is 33.9 Å². The first-order chi connectivity index (χ1) is 18.4. The SMILES string of the molecule is CC(C)C[C@H](NC(=O)[C@H](CCCN=C(N)N[N+](=O)[O-])NC(=O)OC(C)(C)C)B1O[C@@H]2C[C@@H]3C[C@@H](C3(C)C)[C@]2(C)O1. The maximum atomic E-state index is 13.6. The summed E-state index contributed by atoms with van der Waals surface area (Å²) in [6.07, 6.45) is 2.49. The summed E-state index contributed by atoms with van der Waals surface area (Å²) in [5, 5.41) is 15.5. The molecule has 4 rings (SSSR count). The number of rotatable bonds is 11. The molecule has 0 aromatic carbocycles. The Hall–Kier alpha value is -2.61. The topological polar surface area (TPSA) is 179 Å². The molecule has 0 unspecified atom stereocenters. The van der Waals surface area contributed by atoms with Crippen molar-refractivity contribution in [3.05, 3.63) is 10.1 Å². The van der Waals surface area contributed by atoms with Gasteiger partial charge in [-0.25, -0.2) is 19.9 Å². The Morgan fingerprint density at radius 1 is 1.23 bits per heavy atom. The van der Waals surface area contributed by atoms with Crippen LogP contribution in [0.4, 0.5) is 4.79 Å². The minimum atomic E-state index is -0.935. The van der Waals surface area contributed by atoms with E-state index in [1.807, 2.05) is 0 Å². The van der Waals surface area contributed by atoms with E-state index in [0.717, 1.165) is 12.8 Å². The van der Waals surface area contributed by atoms with Crippen molar-refractivity contribution in [1.29, 1.82) is 0 Å². The standard InChI is InChI=1S/C26H47BN6O7/c1-15(2)12-20(27-39-19-14-16-13-18(25(16,6)7)26(19,8)40-27)31-21(34)17(30-23(35)38-24(3,4)5)10-9-11-29-22(28)32-33(36)37/h15-20H,9-14H2,1-8H3,(H,30,35)(H,31,34)(H3,28,29,32)/t16-,17-,18-,19+,20-,26-/m0/s1. The fraction of sp³-hybridized carbons (Fsp3) is 0.885. The molecule has 0 aromatic rings. The molecule has 3 saturated carbocycles. The van der Waals surface area contributed by atoms with Crippen LogP contribution in [-0.4, -0.2) is 65.9 Å². The van der Waals surface area contributed by atoms with Crippen molar-refractivity contribution in [2.75, 3.05) is 6.54 Å². The molecule has 0 radical (unpaired) electrons. The lowest BCUT2D eigenvalue weighted by Crippen LogP contribution is -2.65. The van der Waals surface area contributed by atoms with E-state index in [0.29, 0.717) is 24.7 Å². The summed E-state index contributed by atoms with van der Waals surface area (Å²) < 4.78 is 18.5. The van der Waals surface area contributed by atoms with Gasteiger partial charge in [0, 0.05) is 6.54 Å². The van der Waals surface area contributed by atoms with E-state index in [4.69, 9.17) is 19.8 Å². The molecule has 4 fully saturated rings. The average molecular weight is 567 g/mol. The molecule has 40 heavy (non-hydrogen) atoms. The Morgan fingerprint density at radius 3 is 2.48 bits per heavy atom. The number of nitrogens with zero attached hydrogens (tertiary/aromatic N) is 2. The van der Waals surface area contributed by atoms with Crippen LogP contribution in [-0.2, 0) is 18.8 Å². The summed E-state index contributed by atoms with van der Waals surface area (Å²) in [4.78, 5) is 40.6. The number of hydrazine groups is 1. The number of guanidine groups is 1. The summed E-state index contributed by atoms with van der Waals surface area (Å²) >= 11 is 0. The number of amides is 2. The number of carbonyl (C=O) groups excluding carboxylic acids is 2. The van der Waals surface area contributed by atoms with Crippen LogP contribution >= 0.6 is 0 Å². The van der Waals surface area contributed by atoms with E-state index in [-0.39, 0.29) is 36.4 Å². The molecule has 6 atom stereocenters. The molecular weight excluding hydrogens is 519 g/mol. The molecule has 1 heterocycles. The Balaban J connectivity index is 1.70. The second-order valence-corrected chi connectivity index (χ2v) is 13.6. The van der Waals surface area contributed by atoms with Crippen molar-refractivity contribution in [3.8, 4) is 0 Å². The van der Waals surface area contributed by atoms with Crippen LogP contribution in [0, 0.1) is 33.3 Å². The van der Waals surface area contributed by atoms with Crippen LogP contribution in [0.1, 0.15) is 87.5 Å². The Labute approximate surface area is 237 Å². The monoisotopic (exact) mass is 566 g/mol. The molecule has 14 heteroatoms. The van der Waals surface area contributed by atoms with Crippen molar-refractivity contribution in [3.63, 3.8) is 0 Å². The Kier molecular flexibility index (Phi) is 9.65. The van der Waals surface area contributed by atoms with Crippen molar-refractivity contribution < 1.29 is 28.7 Å². The highest BCUT2D eigenvalue weighted by Crippen LogP contribution is 2.65. The Bertz CT molecular complexity index is 987. The third-order valence-corrected chi connectivity index (χ3v) is 8.50. The maximum Gasteiger partial charge on any atom is 0.481 e. The predicted octanol–water partition coefficient (Wildman–Crippen LogP) is 2.55. The van der Waals surface area contributed by atoms with E-state index < -0.39 is 47.3 Å². The van der Waals surface area contributed by atoms with Gasteiger partial charge in [0.05, 0.1) is 17.6 Å².